The average molecular weight is 829 g/mol. The highest BCUT2D eigenvalue weighted by Crippen LogP contribution is 2.45. The Hall–Kier alpha value is -5.86. The molecule has 5 aromatic carbocycles. The maximum atomic E-state index is 14.3. The number of aryl methyl sites for hydroxylation is 1. The van der Waals surface area contributed by atoms with Crippen LogP contribution in [-0.2, 0) is 54.0 Å². The van der Waals surface area contributed by atoms with Gasteiger partial charge in [0.25, 0.3) is 5.56 Å². The van der Waals surface area contributed by atoms with Crippen LogP contribution in [0.4, 0.5) is 0 Å². The molecular weight excluding hydrogens is 777 g/mol. The van der Waals surface area contributed by atoms with Gasteiger partial charge >= 0.3 is 5.69 Å². The third-order valence-electron chi connectivity index (χ3n) is 11.0. The minimum Gasteiger partial charge on any atom is -0.497 e. The Balaban J connectivity index is 1.31. The fourth-order valence-electron chi connectivity index (χ4n) is 7.77. The topological polar surface area (TPSA) is 118 Å². The van der Waals surface area contributed by atoms with Crippen molar-refractivity contribution < 1.29 is 37.9 Å². The number of hydrogen-bond acceptors (Lipinski definition) is 10. The van der Waals surface area contributed by atoms with E-state index in [4.69, 9.17) is 37.9 Å². The van der Waals surface area contributed by atoms with Crippen LogP contribution in [0.1, 0.15) is 46.0 Å². The number of hydrogen-bond donors (Lipinski definition) is 0. The summed E-state index contributed by atoms with van der Waals surface area (Å²) < 4.78 is 52.3. The van der Waals surface area contributed by atoms with Gasteiger partial charge in [-0.25, -0.2) is 9.36 Å². The molecule has 3 atom stereocenters. The summed E-state index contributed by atoms with van der Waals surface area (Å²) in [6.45, 7) is 1.86. The summed E-state index contributed by atoms with van der Waals surface area (Å²) in [5, 5.41) is 0. The van der Waals surface area contributed by atoms with Gasteiger partial charge in [0.05, 0.1) is 40.6 Å². The average Bonchev–Trinajstić information content (AvgIpc) is 3.67. The molecule has 0 aliphatic carbocycles. The summed E-state index contributed by atoms with van der Waals surface area (Å²) in [6, 6.07) is 44.9. The zero-order chi connectivity index (χ0) is 42.7. The fourth-order valence-corrected chi connectivity index (χ4v) is 7.77. The lowest BCUT2D eigenvalue weighted by molar-refractivity contribution is -0.181. The van der Waals surface area contributed by atoms with E-state index in [2.05, 4.69) is 0 Å². The van der Waals surface area contributed by atoms with E-state index in [1.807, 2.05) is 140 Å². The van der Waals surface area contributed by atoms with Gasteiger partial charge in [0.1, 0.15) is 48.6 Å². The van der Waals surface area contributed by atoms with Crippen LogP contribution in [0.5, 0.6) is 11.5 Å². The van der Waals surface area contributed by atoms with Crippen LogP contribution in [-0.4, -0.2) is 62.2 Å². The molecule has 6 aromatic rings. The van der Waals surface area contributed by atoms with E-state index >= 15 is 0 Å². The maximum absolute atomic E-state index is 14.3. The summed E-state index contributed by atoms with van der Waals surface area (Å²) in [4.78, 5) is 27.8. The molecule has 1 saturated heterocycles. The molecule has 12 heteroatoms. The van der Waals surface area contributed by atoms with E-state index in [0.29, 0.717) is 17.1 Å². The molecule has 0 spiro atoms. The molecular formula is C49H52N2O10. The molecule has 7 rings (SSSR count). The van der Waals surface area contributed by atoms with Crippen LogP contribution in [0.2, 0.25) is 0 Å². The number of rotatable bonds is 20. The van der Waals surface area contributed by atoms with Crippen molar-refractivity contribution in [3.8, 4) is 11.5 Å². The first-order chi connectivity index (χ1) is 29.8. The molecule has 1 aliphatic heterocycles. The minimum absolute atomic E-state index is 0.0109. The Morgan fingerprint density at radius 3 is 1.79 bits per heavy atom. The number of methoxy groups -OCH3 is 3. The normalized spacial score (nSPS) is 17.6. The highest BCUT2D eigenvalue weighted by molar-refractivity contribution is 5.49. The molecule has 0 saturated carbocycles. The van der Waals surface area contributed by atoms with Crippen molar-refractivity contribution in [3.05, 3.63) is 200 Å². The first-order valence-electron chi connectivity index (χ1n) is 20.1. The van der Waals surface area contributed by atoms with Gasteiger partial charge in [0.2, 0.25) is 0 Å². The Morgan fingerprint density at radius 1 is 0.689 bits per heavy atom. The van der Waals surface area contributed by atoms with E-state index < -0.39 is 34.8 Å². The van der Waals surface area contributed by atoms with Crippen molar-refractivity contribution in [2.75, 3.05) is 41.3 Å². The minimum atomic E-state index is -1.18. The van der Waals surface area contributed by atoms with Crippen LogP contribution >= 0.6 is 0 Å². The lowest BCUT2D eigenvalue weighted by atomic mass is 9.79. The zero-order valence-corrected chi connectivity index (χ0v) is 34.9. The summed E-state index contributed by atoms with van der Waals surface area (Å²) >= 11 is 0. The first-order valence-corrected chi connectivity index (χ1v) is 20.1. The smallest absolute Gasteiger partial charge is 0.335 e. The lowest BCUT2D eigenvalue weighted by Crippen LogP contribution is -2.49. The van der Waals surface area contributed by atoms with Gasteiger partial charge in [0, 0.05) is 25.3 Å². The molecule has 12 nitrogen and oxygen atoms in total. The molecule has 318 valence electrons. The van der Waals surface area contributed by atoms with Gasteiger partial charge in [-0.3, -0.25) is 9.36 Å². The third-order valence-corrected chi connectivity index (χ3v) is 11.0. The van der Waals surface area contributed by atoms with Gasteiger partial charge in [-0.2, -0.15) is 0 Å². The van der Waals surface area contributed by atoms with Gasteiger partial charge in [-0.1, -0.05) is 115 Å². The molecule has 0 radical (unpaired) electrons. The predicted octanol–water partition coefficient (Wildman–Crippen LogP) is 7.38. The maximum Gasteiger partial charge on any atom is 0.335 e. The van der Waals surface area contributed by atoms with E-state index in [0.717, 1.165) is 32.4 Å². The van der Waals surface area contributed by atoms with E-state index in [-0.39, 0.29) is 46.4 Å². The standard InChI is InChI=1S/C49H52N2O10/c1-36-29-50(47(53)51(46(36)52)34-57-30-37-14-8-5-9-15-37)45-28-48(33-58-35-54-2,59-31-38-16-10-6-11-17-38)44(61-45)32-60-49(39-18-12-7-13-19-39,40-20-24-42(55-3)25-21-40)41-22-26-43(56-4)27-23-41/h5-27,29,44-45H,28,30-35H2,1-4H3/t44-,45-,48-/m1/s1. The second kappa shape index (κ2) is 20.1. The van der Waals surface area contributed by atoms with Gasteiger partial charge in [0.15, 0.2) is 0 Å². The fraction of sp³-hybridized carbons (Fsp3) is 0.306. The Kier molecular flexibility index (Phi) is 14.3. The number of aromatic nitrogens is 2. The van der Waals surface area contributed by atoms with Crippen molar-refractivity contribution in [3.63, 3.8) is 0 Å². The third kappa shape index (κ3) is 9.71. The summed E-state index contributed by atoms with van der Waals surface area (Å²) in [7, 11) is 4.81. The molecule has 1 fully saturated rings. The van der Waals surface area contributed by atoms with E-state index in [9.17, 15) is 9.59 Å². The lowest BCUT2D eigenvalue weighted by Gasteiger charge is -2.39. The van der Waals surface area contributed by atoms with Crippen molar-refractivity contribution in [1.29, 1.82) is 0 Å². The quantitative estimate of drug-likeness (QED) is 0.0439. The largest absolute Gasteiger partial charge is 0.497 e. The van der Waals surface area contributed by atoms with Crippen LogP contribution in [0, 0.1) is 6.92 Å². The van der Waals surface area contributed by atoms with Crippen molar-refractivity contribution in [2.45, 2.75) is 56.8 Å². The van der Waals surface area contributed by atoms with E-state index in [1.165, 1.54) is 10.8 Å². The number of benzene rings is 5. The second-order valence-electron chi connectivity index (χ2n) is 14.9. The van der Waals surface area contributed by atoms with Gasteiger partial charge in [-0.05, 0) is 59.0 Å². The summed E-state index contributed by atoms with van der Waals surface area (Å²) in [5.74, 6) is 1.39. The Bertz CT molecular complexity index is 2360. The molecule has 61 heavy (non-hydrogen) atoms. The van der Waals surface area contributed by atoms with Crippen LogP contribution < -0.4 is 20.7 Å². The highest BCUT2D eigenvalue weighted by Gasteiger charge is 2.53. The number of ether oxygens (including phenoxy) is 8. The summed E-state index contributed by atoms with van der Waals surface area (Å²) in [6.07, 6.45) is -0.00766. The van der Waals surface area contributed by atoms with Crippen molar-refractivity contribution in [2.24, 2.45) is 0 Å². The summed E-state index contributed by atoms with van der Waals surface area (Å²) in [5.41, 5.74) is 1.33. The van der Waals surface area contributed by atoms with Crippen LogP contribution in [0.15, 0.2) is 155 Å². The predicted molar refractivity (Wildman–Crippen MR) is 230 cm³/mol. The first kappa shape index (κ1) is 43.2. The van der Waals surface area contributed by atoms with Crippen LogP contribution in [0.25, 0.3) is 0 Å². The molecule has 0 N–H and O–H groups in total. The Labute approximate surface area is 355 Å². The highest BCUT2D eigenvalue weighted by atomic mass is 16.7. The van der Waals surface area contributed by atoms with Gasteiger partial charge < -0.3 is 37.9 Å². The molecule has 1 aliphatic rings. The van der Waals surface area contributed by atoms with Crippen molar-refractivity contribution in [1.82, 2.24) is 9.13 Å². The van der Waals surface area contributed by atoms with E-state index in [1.54, 1.807) is 28.3 Å². The molecule has 0 unspecified atom stereocenters. The van der Waals surface area contributed by atoms with Crippen molar-refractivity contribution >= 4 is 0 Å². The molecule has 1 aromatic heterocycles. The molecule has 0 bridgehead atoms. The molecule has 0 amide bonds. The van der Waals surface area contributed by atoms with Gasteiger partial charge in [-0.15, -0.1) is 0 Å². The zero-order valence-electron chi connectivity index (χ0n) is 34.9. The monoisotopic (exact) mass is 828 g/mol. The number of nitrogens with zero attached hydrogens (tertiary/aromatic N) is 2. The van der Waals surface area contributed by atoms with Crippen LogP contribution in [0.3, 0.4) is 0 Å². The SMILES string of the molecule is COCOC[C@]1(OCc2ccccc2)C[C@H](n2cc(C)c(=O)n(COCc3ccccc3)c2=O)O[C@@H]1COC(c1ccccc1)(c1ccc(OC)cc1)c1ccc(OC)cc1. The molecule has 2 heterocycles. The second-order valence-corrected chi connectivity index (χ2v) is 14.9. The Morgan fingerprint density at radius 2 is 1.23 bits per heavy atom.